The van der Waals surface area contributed by atoms with E-state index in [4.69, 9.17) is 0 Å². The van der Waals surface area contributed by atoms with E-state index in [1.165, 1.54) is 6.07 Å². The van der Waals surface area contributed by atoms with Crippen LogP contribution in [0.1, 0.15) is 62.7 Å². The number of fused-ring (bicyclic) bond motifs is 3. The molecule has 7 heteroatoms. The monoisotopic (exact) mass is 363 g/mol. The summed E-state index contributed by atoms with van der Waals surface area (Å²) in [6.45, 7) is 4.77. The van der Waals surface area contributed by atoms with Crippen LogP contribution in [0, 0.1) is 0 Å². The number of nitrogens with one attached hydrogen (secondary N) is 1. The Bertz CT molecular complexity index is 802. The van der Waals surface area contributed by atoms with Crippen molar-refractivity contribution in [3.63, 3.8) is 0 Å². The van der Waals surface area contributed by atoms with Crippen molar-refractivity contribution in [2.45, 2.75) is 63.3 Å². The van der Waals surface area contributed by atoms with Crippen molar-refractivity contribution in [2.24, 2.45) is 4.40 Å². The fourth-order valence-electron chi connectivity index (χ4n) is 3.43. The van der Waals surface area contributed by atoms with Crippen molar-refractivity contribution < 1.29 is 13.2 Å². The zero-order valence-corrected chi connectivity index (χ0v) is 15.6. The van der Waals surface area contributed by atoms with E-state index in [2.05, 4.69) is 16.6 Å². The van der Waals surface area contributed by atoms with Gasteiger partial charge >= 0.3 is 0 Å². The molecular weight excluding hydrogens is 338 g/mol. The van der Waals surface area contributed by atoms with Crippen molar-refractivity contribution in [2.75, 3.05) is 11.4 Å². The van der Waals surface area contributed by atoms with Gasteiger partial charge < -0.3 is 10.2 Å². The van der Waals surface area contributed by atoms with Gasteiger partial charge in [0.15, 0.2) is 0 Å². The molecule has 1 fully saturated rings. The molecule has 1 saturated heterocycles. The summed E-state index contributed by atoms with van der Waals surface area (Å²) < 4.78 is 29.2. The first-order chi connectivity index (χ1) is 11.9. The fourth-order valence-corrected chi connectivity index (χ4v) is 4.72. The molecule has 1 atom stereocenters. The van der Waals surface area contributed by atoms with Crippen LogP contribution in [-0.4, -0.2) is 32.7 Å². The van der Waals surface area contributed by atoms with Gasteiger partial charge in [0.2, 0.25) is 0 Å². The van der Waals surface area contributed by atoms with Crippen LogP contribution >= 0.6 is 0 Å². The van der Waals surface area contributed by atoms with Crippen LogP contribution in [0.15, 0.2) is 27.5 Å². The topological polar surface area (TPSA) is 78.8 Å². The van der Waals surface area contributed by atoms with E-state index in [0.717, 1.165) is 38.6 Å². The van der Waals surface area contributed by atoms with Crippen LogP contribution in [0.25, 0.3) is 0 Å². The number of carbonyl (C=O) groups excluding carboxylic acids is 1. The molecule has 1 aromatic rings. The molecule has 1 N–H and O–H groups in total. The summed E-state index contributed by atoms with van der Waals surface area (Å²) in [4.78, 5) is 14.5. The molecular formula is C18H25N3O3S. The van der Waals surface area contributed by atoms with E-state index in [1.807, 2.05) is 11.8 Å². The second kappa shape index (κ2) is 7.15. The first-order valence-electron chi connectivity index (χ1n) is 8.98. The minimum atomic E-state index is -3.76. The number of rotatable bonds is 4. The summed E-state index contributed by atoms with van der Waals surface area (Å²) in [5.41, 5.74) is 1.00. The number of amides is 1. The molecule has 3 rings (SSSR count). The maximum Gasteiger partial charge on any atom is 0.286 e. The second-order valence-corrected chi connectivity index (χ2v) is 8.36. The quantitative estimate of drug-likeness (QED) is 0.891. The zero-order valence-electron chi connectivity index (χ0n) is 14.8. The molecule has 2 aliphatic heterocycles. The highest BCUT2D eigenvalue weighted by Crippen LogP contribution is 2.34. The number of nitrogens with zero attached hydrogens (tertiary/aromatic N) is 2. The minimum Gasteiger partial charge on any atom is -0.350 e. The van der Waals surface area contributed by atoms with Gasteiger partial charge in [-0.25, -0.2) is 0 Å². The number of sulfonamides is 1. The Morgan fingerprint density at radius 2 is 2.12 bits per heavy atom. The predicted molar refractivity (Wildman–Crippen MR) is 98.7 cm³/mol. The van der Waals surface area contributed by atoms with Crippen molar-refractivity contribution in [3.8, 4) is 0 Å². The van der Waals surface area contributed by atoms with Crippen LogP contribution < -0.4 is 10.2 Å². The van der Waals surface area contributed by atoms with Crippen LogP contribution in [0.2, 0.25) is 0 Å². The van der Waals surface area contributed by atoms with Crippen LogP contribution in [0.3, 0.4) is 0 Å². The smallest absolute Gasteiger partial charge is 0.286 e. The minimum absolute atomic E-state index is 0.0559. The molecule has 1 aromatic carbocycles. The number of hydrogen-bond acceptors (Lipinski definition) is 4. The molecule has 0 aromatic heterocycles. The van der Waals surface area contributed by atoms with E-state index < -0.39 is 10.0 Å². The van der Waals surface area contributed by atoms with E-state index in [9.17, 15) is 13.2 Å². The number of amidine groups is 1. The highest BCUT2D eigenvalue weighted by molar-refractivity contribution is 7.90. The maximum atomic E-state index is 12.6. The summed E-state index contributed by atoms with van der Waals surface area (Å²) in [5, 5.41) is 2.91. The van der Waals surface area contributed by atoms with Gasteiger partial charge in [-0.1, -0.05) is 19.8 Å². The van der Waals surface area contributed by atoms with Gasteiger partial charge in [0.25, 0.3) is 15.9 Å². The van der Waals surface area contributed by atoms with Gasteiger partial charge in [-0.3, -0.25) is 4.79 Å². The lowest BCUT2D eigenvalue weighted by Crippen LogP contribution is -2.36. The highest BCUT2D eigenvalue weighted by atomic mass is 32.2. The maximum absolute atomic E-state index is 12.6. The largest absolute Gasteiger partial charge is 0.350 e. The molecule has 1 amide bonds. The van der Waals surface area contributed by atoms with Crippen LogP contribution in [-0.2, 0) is 10.0 Å². The zero-order chi connectivity index (χ0) is 18.0. The van der Waals surface area contributed by atoms with Crippen molar-refractivity contribution in [3.05, 3.63) is 23.8 Å². The number of carbonyl (C=O) groups is 1. The molecule has 0 saturated carbocycles. The highest BCUT2D eigenvalue weighted by Gasteiger charge is 2.32. The fraction of sp³-hybridized carbons (Fsp3) is 0.556. The van der Waals surface area contributed by atoms with Crippen LogP contribution in [0.5, 0.6) is 0 Å². The lowest BCUT2D eigenvalue weighted by atomic mass is 10.1. The van der Waals surface area contributed by atoms with Crippen molar-refractivity contribution >= 4 is 27.5 Å². The predicted octanol–water partition coefficient (Wildman–Crippen LogP) is 3.09. The third kappa shape index (κ3) is 3.71. The SMILES string of the molecule is CCC[C@@H](C)NC(=O)c1ccc2c(c1)S(=O)(=O)N=C1CCCCCN12. The molecule has 25 heavy (non-hydrogen) atoms. The molecule has 2 aliphatic rings. The van der Waals surface area contributed by atoms with E-state index >= 15 is 0 Å². The lowest BCUT2D eigenvalue weighted by Gasteiger charge is -2.29. The van der Waals surface area contributed by atoms with Crippen LogP contribution in [0.4, 0.5) is 5.69 Å². The Kier molecular flexibility index (Phi) is 5.13. The molecule has 0 unspecified atom stereocenters. The molecule has 0 aliphatic carbocycles. The summed E-state index contributed by atoms with van der Waals surface area (Å²) in [6, 6.07) is 4.96. The van der Waals surface area contributed by atoms with Gasteiger partial charge in [-0.2, -0.15) is 8.42 Å². The third-order valence-electron chi connectivity index (χ3n) is 4.71. The van der Waals surface area contributed by atoms with E-state index in [-0.39, 0.29) is 16.8 Å². The summed E-state index contributed by atoms with van der Waals surface area (Å²) >= 11 is 0. The number of hydrogen-bond donors (Lipinski definition) is 1. The molecule has 2 heterocycles. The molecule has 136 valence electrons. The van der Waals surface area contributed by atoms with Gasteiger partial charge in [-0.15, -0.1) is 4.40 Å². The number of anilines is 1. The molecule has 6 nitrogen and oxygen atoms in total. The normalized spacial score (nSPS) is 19.9. The Morgan fingerprint density at radius 3 is 2.88 bits per heavy atom. The lowest BCUT2D eigenvalue weighted by molar-refractivity contribution is 0.0938. The Labute approximate surface area is 149 Å². The first-order valence-corrected chi connectivity index (χ1v) is 10.4. The summed E-state index contributed by atoms with van der Waals surface area (Å²) in [5.74, 6) is 0.378. The molecule has 0 radical (unpaired) electrons. The van der Waals surface area contributed by atoms with Gasteiger partial charge in [0.05, 0.1) is 5.69 Å². The average Bonchev–Trinajstić information content (AvgIpc) is 2.79. The Balaban J connectivity index is 1.94. The van der Waals surface area contributed by atoms with E-state index in [0.29, 0.717) is 23.5 Å². The first kappa shape index (κ1) is 17.9. The van der Waals surface area contributed by atoms with Gasteiger partial charge in [0.1, 0.15) is 10.7 Å². The summed E-state index contributed by atoms with van der Waals surface area (Å²) in [6.07, 6.45) is 5.57. The van der Waals surface area contributed by atoms with Crippen molar-refractivity contribution in [1.29, 1.82) is 0 Å². The molecule has 0 bridgehead atoms. The number of benzene rings is 1. The van der Waals surface area contributed by atoms with Gasteiger partial charge in [0, 0.05) is 24.6 Å². The average molecular weight is 363 g/mol. The Morgan fingerprint density at radius 1 is 1.32 bits per heavy atom. The van der Waals surface area contributed by atoms with Gasteiger partial charge in [-0.05, 0) is 44.4 Å². The molecule has 0 spiro atoms. The third-order valence-corrected chi connectivity index (χ3v) is 6.04. The second-order valence-electron chi connectivity index (χ2n) is 6.79. The standard InChI is InChI=1S/C18H25N3O3S/c1-3-7-13(2)19-18(22)14-9-10-15-16(12-14)25(23,24)20-17-8-5-4-6-11-21(15)17/h9-10,12-13H,3-8,11H2,1-2H3,(H,19,22)/t13-/m1/s1. The van der Waals surface area contributed by atoms with Crippen molar-refractivity contribution in [1.82, 2.24) is 5.32 Å². The Hall–Kier alpha value is -1.89. The summed E-state index contributed by atoms with van der Waals surface area (Å²) in [7, 11) is -3.76. The van der Waals surface area contributed by atoms with E-state index in [1.54, 1.807) is 12.1 Å².